The lowest BCUT2D eigenvalue weighted by atomic mass is 9.79. The molecule has 6 atom stereocenters. The predicted molar refractivity (Wildman–Crippen MR) is 158 cm³/mol. The Morgan fingerprint density at radius 3 is 1.91 bits per heavy atom. The number of aromatic nitrogens is 2. The van der Waals surface area contributed by atoms with Crippen molar-refractivity contribution >= 4 is 29.6 Å². The largest absolute Gasteiger partial charge is 0.444 e. The second-order valence-corrected chi connectivity index (χ2v) is 13.6. The molecule has 1 fully saturated rings. The number of amides is 2. The van der Waals surface area contributed by atoms with E-state index in [4.69, 9.17) is 19.9 Å². The molecule has 15 nitrogen and oxygen atoms in total. The highest BCUT2D eigenvalue weighted by atomic mass is 16.6. The quantitative estimate of drug-likeness (QED) is 0.249. The molecule has 1 aliphatic heterocycles. The summed E-state index contributed by atoms with van der Waals surface area (Å²) in [6.07, 6.45) is -6.70. The Hall–Kier alpha value is -3.56. The maximum Gasteiger partial charge on any atom is 0.408 e. The van der Waals surface area contributed by atoms with Gasteiger partial charge in [-0.3, -0.25) is 14.2 Å². The number of hydrogen-bond donors (Lipinski definition) is 5. The molecule has 1 aromatic heterocycles. The first kappa shape index (κ1) is 36.6. The summed E-state index contributed by atoms with van der Waals surface area (Å²) in [5.41, 5.74) is 0.338. The van der Waals surface area contributed by atoms with Crippen LogP contribution in [0.2, 0.25) is 0 Å². The van der Waals surface area contributed by atoms with Gasteiger partial charge in [-0.25, -0.2) is 14.4 Å². The summed E-state index contributed by atoms with van der Waals surface area (Å²) in [6.45, 7) is 16.3. The van der Waals surface area contributed by atoms with E-state index >= 15 is 0 Å². The Balaban J connectivity index is 2.54. The molecule has 15 heteroatoms. The number of aliphatic hydroxyl groups is 2. The predicted octanol–water partition coefficient (Wildman–Crippen LogP) is 1.44. The minimum atomic E-state index is -2.61. The van der Waals surface area contributed by atoms with Crippen LogP contribution in [0.4, 0.5) is 15.4 Å². The highest BCUT2D eigenvalue weighted by molar-refractivity contribution is 5.97. The van der Waals surface area contributed by atoms with Crippen LogP contribution in [0.15, 0.2) is 17.1 Å². The van der Waals surface area contributed by atoms with Crippen molar-refractivity contribution in [1.82, 2.24) is 20.2 Å². The van der Waals surface area contributed by atoms with Gasteiger partial charge in [0.15, 0.2) is 17.2 Å². The molecule has 1 aromatic rings. The van der Waals surface area contributed by atoms with Crippen molar-refractivity contribution in [1.29, 1.82) is 0 Å². The standard InChI is InChI=1S/C29H47N5O10/c1-14(2)18(32-25(39)43-27(5,6)7)20(35)21(36)23-29(41,13-17(42-23)34-12-11-16(30)31-24(34)38)22(37)19(15(3)4)33-26(40)44-28(8,9)10/h11-12,14-15,17-19,21,23,36,41H,13H2,1-10H3,(H,32,39)(H,33,40)(H2,30,31,38)/t17-,18+,19+,21?,23-,29-/m1/s1. The van der Waals surface area contributed by atoms with Crippen molar-refractivity contribution < 1.29 is 43.6 Å². The molecule has 2 rings (SSSR count). The average molecular weight is 626 g/mol. The third kappa shape index (κ3) is 9.22. The van der Waals surface area contributed by atoms with Crippen molar-refractivity contribution in [3.8, 4) is 0 Å². The second-order valence-electron chi connectivity index (χ2n) is 13.6. The molecule has 0 bridgehead atoms. The molecule has 6 N–H and O–H groups in total. The van der Waals surface area contributed by atoms with Gasteiger partial charge in [0.2, 0.25) is 0 Å². The third-order valence-corrected chi connectivity index (χ3v) is 6.69. The molecule has 44 heavy (non-hydrogen) atoms. The zero-order valence-corrected chi connectivity index (χ0v) is 27.0. The molecule has 1 unspecified atom stereocenters. The molecule has 248 valence electrons. The minimum absolute atomic E-state index is 0.0863. The van der Waals surface area contributed by atoms with E-state index in [0.29, 0.717) is 0 Å². The minimum Gasteiger partial charge on any atom is -0.444 e. The summed E-state index contributed by atoms with van der Waals surface area (Å²) in [5.74, 6) is -3.21. The van der Waals surface area contributed by atoms with Gasteiger partial charge in [0, 0.05) is 12.6 Å². The Morgan fingerprint density at radius 2 is 1.48 bits per heavy atom. The number of aliphatic hydroxyl groups excluding tert-OH is 1. The number of ketones is 2. The van der Waals surface area contributed by atoms with Gasteiger partial charge in [-0.1, -0.05) is 27.7 Å². The average Bonchev–Trinajstić information content (AvgIpc) is 3.20. The van der Waals surface area contributed by atoms with E-state index in [2.05, 4.69) is 15.6 Å². The van der Waals surface area contributed by atoms with E-state index in [1.54, 1.807) is 69.2 Å². The van der Waals surface area contributed by atoms with Gasteiger partial charge in [-0.2, -0.15) is 4.98 Å². The van der Waals surface area contributed by atoms with Crippen molar-refractivity contribution in [3.63, 3.8) is 0 Å². The molecule has 1 saturated heterocycles. The molecular formula is C29H47N5O10. The molecule has 1 aliphatic rings. The maximum atomic E-state index is 14.1. The first-order valence-electron chi connectivity index (χ1n) is 14.4. The molecule has 0 saturated carbocycles. The molecular weight excluding hydrogens is 578 g/mol. The van der Waals surface area contributed by atoms with E-state index in [-0.39, 0.29) is 5.82 Å². The van der Waals surface area contributed by atoms with Gasteiger partial charge in [0.25, 0.3) is 0 Å². The monoisotopic (exact) mass is 625 g/mol. The van der Waals surface area contributed by atoms with Crippen molar-refractivity contribution in [2.24, 2.45) is 11.8 Å². The first-order valence-corrected chi connectivity index (χ1v) is 14.4. The van der Waals surface area contributed by atoms with E-state index in [1.165, 1.54) is 12.3 Å². The van der Waals surface area contributed by atoms with E-state index < -0.39 is 95.0 Å². The summed E-state index contributed by atoms with van der Waals surface area (Å²) < 4.78 is 17.4. The van der Waals surface area contributed by atoms with Crippen LogP contribution in [0.25, 0.3) is 0 Å². The number of alkyl carbamates (subject to hydrolysis) is 2. The van der Waals surface area contributed by atoms with Crippen LogP contribution in [0, 0.1) is 11.8 Å². The lowest BCUT2D eigenvalue weighted by Crippen LogP contribution is -2.62. The van der Waals surface area contributed by atoms with E-state index in [0.717, 1.165) is 4.57 Å². The number of ether oxygens (including phenoxy) is 3. The number of nitrogens with one attached hydrogen (secondary N) is 2. The summed E-state index contributed by atoms with van der Waals surface area (Å²) in [6, 6.07) is -1.38. The Kier molecular flexibility index (Phi) is 11.3. The fraction of sp³-hybridized carbons (Fsp3) is 0.724. The number of Topliss-reactive ketones (excluding diaryl/α,β-unsaturated/α-hetero) is 2. The van der Waals surface area contributed by atoms with Crippen LogP contribution < -0.4 is 22.1 Å². The van der Waals surface area contributed by atoms with Gasteiger partial charge in [-0.15, -0.1) is 0 Å². The second kappa shape index (κ2) is 13.6. The van der Waals surface area contributed by atoms with E-state index in [1.807, 2.05) is 0 Å². The lowest BCUT2D eigenvalue weighted by molar-refractivity contribution is -0.164. The van der Waals surface area contributed by atoms with Crippen LogP contribution in [-0.4, -0.2) is 84.6 Å². The summed E-state index contributed by atoms with van der Waals surface area (Å²) >= 11 is 0. The normalized spacial score (nSPS) is 22.7. The maximum absolute atomic E-state index is 14.1. The lowest BCUT2D eigenvalue weighted by Gasteiger charge is -2.35. The van der Waals surface area contributed by atoms with Gasteiger partial charge < -0.3 is 40.8 Å². The number of carbonyl (C=O) groups excluding carboxylic acids is 4. The summed E-state index contributed by atoms with van der Waals surface area (Å²) in [7, 11) is 0. The molecule has 2 heterocycles. The summed E-state index contributed by atoms with van der Waals surface area (Å²) in [4.78, 5) is 69.2. The SMILES string of the molecule is CC(C)[C@H](NC(=O)OC(C)(C)C)C(=O)C(O)[C@H]1O[C@@H](n2ccc(N)nc2=O)C[C@@]1(O)C(=O)[C@@H](NC(=O)OC(C)(C)C)C(C)C. The van der Waals surface area contributed by atoms with Crippen molar-refractivity contribution in [2.75, 3.05) is 5.73 Å². The molecule has 0 spiro atoms. The molecule has 0 radical (unpaired) electrons. The van der Waals surface area contributed by atoms with Gasteiger partial charge >= 0.3 is 17.9 Å². The highest BCUT2D eigenvalue weighted by Crippen LogP contribution is 2.40. The van der Waals surface area contributed by atoms with Crippen LogP contribution in [-0.2, 0) is 23.8 Å². The Bertz CT molecular complexity index is 1280. The zero-order valence-electron chi connectivity index (χ0n) is 27.0. The number of anilines is 1. The van der Waals surface area contributed by atoms with Crippen LogP contribution in [0.1, 0.15) is 81.9 Å². The van der Waals surface area contributed by atoms with Crippen molar-refractivity contribution in [3.05, 3.63) is 22.7 Å². The molecule has 0 aliphatic carbocycles. The van der Waals surface area contributed by atoms with Crippen LogP contribution >= 0.6 is 0 Å². The smallest absolute Gasteiger partial charge is 0.408 e. The molecule has 2 amide bonds. The molecule has 0 aromatic carbocycles. The van der Waals surface area contributed by atoms with Crippen molar-refractivity contribution in [2.45, 2.75) is 123 Å². The van der Waals surface area contributed by atoms with Gasteiger partial charge in [0.1, 0.15) is 35.5 Å². The number of nitrogen functional groups attached to an aromatic ring is 1. The van der Waals surface area contributed by atoms with E-state index in [9.17, 15) is 34.2 Å². The number of nitrogens with zero attached hydrogens (tertiary/aromatic N) is 2. The fourth-order valence-electron chi connectivity index (χ4n) is 4.67. The Labute approximate surface area is 256 Å². The number of carbonyl (C=O) groups is 4. The van der Waals surface area contributed by atoms with Gasteiger partial charge in [-0.05, 0) is 59.4 Å². The van der Waals surface area contributed by atoms with Crippen LogP contribution in [0.5, 0.6) is 0 Å². The van der Waals surface area contributed by atoms with Gasteiger partial charge in [0.05, 0.1) is 12.1 Å². The highest BCUT2D eigenvalue weighted by Gasteiger charge is 2.60. The topological polar surface area (TPSA) is 221 Å². The summed E-state index contributed by atoms with van der Waals surface area (Å²) in [5, 5.41) is 28.3. The number of hydrogen-bond acceptors (Lipinski definition) is 12. The Morgan fingerprint density at radius 1 is 1.00 bits per heavy atom. The first-order chi connectivity index (χ1) is 20.0. The third-order valence-electron chi connectivity index (χ3n) is 6.69. The number of rotatable bonds is 10. The zero-order chi connectivity index (χ0) is 33.9. The van der Waals surface area contributed by atoms with Crippen LogP contribution in [0.3, 0.4) is 0 Å². The number of nitrogens with two attached hydrogens (primary N) is 1. The fourth-order valence-corrected chi connectivity index (χ4v) is 4.67.